The molecule has 0 saturated carbocycles. The summed E-state index contributed by atoms with van der Waals surface area (Å²) in [7, 11) is -3.34. The molecule has 1 amide bonds. The molecule has 0 aromatic heterocycles. The van der Waals surface area contributed by atoms with Gasteiger partial charge in [-0.15, -0.1) is 0 Å². The molecule has 5 nitrogen and oxygen atoms in total. The van der Waals surface area contributed by atoms with Crippen molar-refractivity contribution in [1.82, 2.24) is 0 Å². The molecule has 0 aliphatic heterocycles. The van der Waals surface area contributed by atoms with E-state index in [2.05, 4.69) is 5.32 Å². The van der Waals surface area contributed by atoms with Crippen molar-refractivity contribution in [3.05, 3.63) is 23.2 Å². The van der Waals surface area contributed by atoms with E-state index in [1.54, 1.807) is 6.07 Å². The molecule has 0 aliphatic carbocycles. The van der Waals surface area contributed by atoms with E-state index < -0.39 is 21.5 Å². The fourth-order valence-electron chi connectivity index (χ4n) is 1.12. The zero-order valence-electron chi connectivity index (χ0n) is 9.23. The first kappa shape index (κ1) is 13.8. The van der Waals surface area contributed by atoms with Gasteiger partial charge in [0.25, 0.3) is 0 Å². The van der Waals surface area contributed by atoms with Crippen molar-refractivity contribution in [2.24, 2.45) is 0 Å². The maximum Gasteiger partial charge on any atom is 0.239 e. The third-order valence-corrected chi connectivity index (χ3v) is 3.95. The number of halogens is 1. The molecule has 17 heavy (non-hydrogen) atoms. The summed E-state index contributed by atoms with van der Waals surface area (Å²) in [5, 5.41) is 2.69. The number of hydrogen-bond acceptors (Lipinski definition) is 4. The SMILES string of the molecule is CCS(=O)(=O)CC(=O)Nc1ccc(N)cc1Cl. The molecule has 7 heteroatoms. The van der Waals surface area contributed by atoms with Crippen LogP contribution in [0.1, 0.15) is 6.92 Å². The number of nitrogens with one attached hydrogen (secondary N) is 1. The van der Waals surface area contributed by atoms with E-state index in [9.17, 15) is 13.2 Å². The van der Waals surface area contributed by atoms with Crippen LogP contribution in [0.3, 0.4) is 0 Å². The first-order chi connectivity index (χ1) is 7.84. The highest BCUT2D eigenvalue weighted by molar-refractivity contribution is 7.92. The van der Waals surface area contributed by atoms with Gasteiger partial charge in [-0.2, -0.15) is 0 Å². The number of nitrogens with two attached hydrogens (primary N) is 1. The van der Waals surface area contributed by atoms with Crippen molar-refractivity contribution in [2.75, 3.05) is 22.6 Å². The summed E-state index contributed by atoms with van der Waals surface area (Å²) < 4.78 is 22.5. The Morgan fingerprint density at radius 2 is 2.12 bits per heavy atom. The van der Waals surface area contributed by atoms with Gasteiger partial charge in [0, 0.05) is 11.4 Å². The zero-order valence-corrected chi connectivity index (χ0v) is 10.8. The first-order valence-electron chi connectivity index (χ1n) is 4.89. The van der Waals surface area contributed by atoms with E-state index in [0.29, 0.717) is 11.4 Å². The number of anilines is 2. The maximum atomic E-state index is 11.4. The number of nitrogen functional groups attached to an aromatic ring is 1. The molecule has 3 N–H and O–H groups in total. The second-order valence-corrected chi connectivity index (χ2v) is 6.22. The number of carbonyl (C=O) groups is 1. The van der Waals surface area contributed by atoms with Crippen LogP contribution in [0.15, 0.2) is 18.2 Å². The predicted molar refractivity (Wildman–Crippen MR) is 68.8 cm³/mol. The van der Waals surface area contributed by atoms with E-state index in [1.807, 2.05) is 0 Å². The Labute approximate surface area is 105 Å². The molecular weight excluding hydrogens is 264 g/mol. The van der Waals surface area contributed by atoms with Crippen molar-refractivity contribution in [3.63, 3.8) is 0 Å². The molecular formula is C10H13ClN2O3S. The van der Waals surface area contributed by atoms with E-state index in [0.717, 1.165) is 0 Å². The predicted octanol–water partition coefficient (Wildman–Crippen LogP) is 1.30. The minimum absolute atomic E-state index is 0.0735. The summed E-state index contributed by atoms with van der Waals surface area (Å²) in [4.78, 5) is 11.4. The normalized spacial score (nSPS) is 11.2. The number of amides is 1. The van der Waals surface area contributed by atoms with Crippen LogP contribution < -0.4 is 11.1 Å². The Bertz CT molecular complexity index is 528. The second kappa shape index (κ2) is 5.37. The van der Waals surface area contributed by atoms with Gasteiger partial charge in [-0.05, 0) is 18.2 Å². The Morgan fingerprint density at radius 1 is 1.47 bits per heavy atom. The molecule has 1 aromatic carbocycles. The Balaban J connectivity index is 2.75. The van der Waals surface area contributed by atoms with E-state index in [4.69, 9.17) is 17.3 Å². The lowest BCUT2D eigenvalue weighted by molar-refractivity contribution is -0.113. The van der Waals surface area contributed by atoms with Crippen LogP contribution in [0, 0.1) is 0 Å². The Morgan fingerprint density at radius 3 is 2.65 bits per heavy atom. The van der Waals surface area contributed by atoms with Crippen molar-refractivity contribution >= 4 is 38.7 Å². The van der Waals surface area contributed by atoms with Gasteiger partial charge in [0.2, 0.25) is 5.91 Å². The minimum atomic E-state index is -3.34. The second-order valence-electron chi connectivity index (χ2n) is 3.46. The van der Waals surface area contributed by atoms with E-state index in [1.165, 1.54) is 19.1 Å². The zero-order chi connectivity index (χ0) is 13.1. The van der Waals surface area contributed by atoms with Gasteiger partial charge in [0.05, 0.1) is 10.7 Å². The lowest BCUT2D eigenvalue weighted by atomic mass is 10.3. The average Bonchev–Trinajstić information content (AvgIpc) is 2.21. The van der Waals surface area contributed by atoms with Gasteiger partial charge in [-0.25, -0.2) is 8.42 Å². The van der Waals surface area contributed by atoms with Crippen molar-refractivity contribution in [2.45, 2.75) is 6.92 Å². The molecule has 0 heterocycles. The molecule has 1 aromatic rings. The Kier molecular flexibility index (Phi) is 4.36. The minimum Gasteiger partial charge on any atom is -0.399 e. The van der Waals surface area contributed by atoms with Gasteiger partial charge in [-0.3, -0.25) is 4.79 Å². The molecule has 0 fully saturated rings. The van der Waals surface area contributed by atoms with Crippen LogP contribution in [-0.4, -0.2) is 25.8 Å². The van der Waals surface area contributed by atoms with Crippen LogP contribution in [-0.2, 0) is 14.6 Å². The van der Waals surface area contributed by atoms with Crippen molar-refractivity contribution in [1.29, 1.82) is 0 Å². The summed E-state index contributed by atoms with van der Waals surface area (Å²) in [6.45, 7) is 1.48. The summed E-state index contributed by atoms with van der Waals surface area (Å²) in [5.74, 6) is -1.24. The topological polar surface area (TPSA) is 89.3 Å². The number of carbonyl (C=O) groups excluding carboxylic acids is 1. The van der Waals surface area contributed by atoms with Crippen LogP contribution in [0.25, 0.3) is 0 Å². The summed E-state index contributed by atoms with van der Waals surface area (Å²) in [5.41, 5.74) is 6.30. The standard InChI is InChI=1S/C10H13ClN2O3S/c1-2-17(15,16)6-10(14)13-9-4-3-7(12)5-8(9)11/h3-5H,2,6,12H2,1H3,(H,13,14). The van der Waals surface area contributed by atoms with Crippen LogP contribution in [0.2, 0.25) is 5.02 Å². The van der Waals surface area contributed by atoms with Crippen molar-refractivity contribution in [3.8, 4) is 0 Å². The van der Waals surface area contributed by atoms with E-state index in [-0.39, 0.29) is 10.8 Å². The van der Waals surface area contributed by atoms with Gasteiger partial charge in [0.15, 0.2) is 9.84 Å². The summed E-state index contributed by atoms with van der Waals surface area (Å²) >= 11 is 5.83. The van der Waals surface area contributed by atoms with Gasteiger partial charge >= 0.3 is 0 Å². The van der Waals surface area contributed by atoms with Gasteiger partial charge < -0.3 is 11.1 Å². The fraction of sp³-hybridized carbons (Fsp3) is 0.300. The van der Waals surface area contributed by atoms with Crippen LogP contribution >= 0.6 is 11.6 Å². The number of sulfone groups is 1. The molecule has 0 spiro atoms. The van der Waals surface area contributed by atoms with Gasteiger partial charge in [-0.1, -0.05) is 18.5 Å². The summed E-state index contributed by atoms with van der Waals surface area (Å²) in [6, 6.07) is 4.56. The first-order valence-corrected chi connectivity index (χ1v) is 7.09. The molecule has 94 valence electrons. The largest absolute Gasteiger partial charge is 0.399 e. The highest BCUT2D eigenvalue weighted by Crippen LogP contribution is 2.23. The molecule has 0 radical (unpaired) electrons. The van der Waals surface area contributed by atoms with Crippen molar-refractivity contribution < 1.29 is 13.2 Å². The lowest BCUT2D eigenvalue weighted by Gasteiger charge is -2.07. The number of rotatable bonds is 4. The third-order valence-electron chi connectivity index (χ3n) is 2.06. The quantitative estimate of drug-likeness (QED) is 0.811. The monoisotopic (exact) mass is 276 g/mol. The van der Waals surface area contributed by atoms with Crippen LogP contribution in [0.4, 0.5) is 11.4 Å². The molecule has 0 bridgehead atoms. The number of hydrogen-bond donors (Lipinski definition) is 2. The summed E-state index contributed by atoms with van der Waals surface area (Å²) in [6.07, 6.45) is 0. The smallest absolute Gasteiger partial charge is 0.239 e. The molecule has 0 atom stereocenters. The van der Waals surface area contributed by atoms with Gasteiger partial charge in [0.1, 0.15) is 5.75 Å². The molecule has 0 saturated heterocycles. The molecule has 0 unspecified atom stereocenters. The Hall–Kier alpha value is -1.27. The fourth-order valence-corrected chi connectivity index (χ4v) is 2.03. The molecule has 0 aliphatic rings. The average molecular weight is 277 g/mol. The maximum absolute atomic E-state index is 11.4. The van der Waals surface area contributed by atoms with E-state index >= 15 is 0 Å². The lowest BCUT2D eigenvalue weighted by Crippen LogP contribution is -2.24. The molecule has 1 rings (SSSR count). The third kappa shape index (κ3) is 4.24. The highest BCUT2D eigenvalue weighted by atomic mass is 35.5. The number of benzene rings is 1. The van der Waals surface area contributed by atoms with Crippen LogP contribution in [0.5, 0.6) is 0 Å². The highest BCUT2D eigenvalue weighted by Gasteiger charge is 2.15.